The monoisotopic (exact) mass is 382 g/mol. The molecule has 1 aliphatic heterocycles. The molecule has 0 radical (unpaired) electrons. The number of nitrogens with one attached hydrogen (secondary N) is 2. The van der Waals surface area contributed by atoms with Gasteiger partial charge in [0.15, 0.2) is 17.5 Å². The van der Waals surface area contributed by atoms with Gasteiger partial charge in [-0.05, 0) is 41.8 Å². The van der Waals surface area contributed by atoms with E-state index in [1.165, 1.54) is 0 Å². The van der Waals surface area contributed by atoms with E-state index >= 15 is 0 Å². The van der Waals surface area contributed by atoms with Crippen molar-refractivity contribution in [2.75, 3.05) is 34.5 Å². The van der Waals surface area contributed by atoms with Gasteiger partial charge in [0.1, 0.15) is 0 Å². The van der Waals surface area contributed by atoms with Crippen molar-refractivity contribution in [1.82, 2.24) is 15.5 Å². The van der Waals surface area contributed by atoms with Gasteiger partial charge < -0.3 is 25.0 Å². The summed E-state index contributed by atoms with van der Waals surface area (Å²) in [7, 11) is 5.40. The van der Waals surface area contributed by atoms with Crippen LogP contribution in [-0.4, -0.2) is 51.2 Å². The van der Waals surface area contributed by atoms with E-state index in [0.717, 1.165) is 41.6 Å². The fourth-order valence-corrected chi connectivity index (χ4v) is 3.10. The van der Waals surface area contributed by atoms with Crippen molar-refractivity contribution >= 4 is 11.9 Å². The van der Waals surface area contributed by atoms with Crippen LogP contribution in [0, 0.1) is 0 Å². The number of nitrogens with zero attached hydrogens (tertiary/aromatic N) is 2. The van der Waals surface area contributed by atoms with Crippen molar-refractivity contribution in [3.05, 3.63) is 59.2 Å². The molecule has 3 rings (SSSR count). The Hall–Kier alpha value is -3.22. The molecule has 0 aromatic heterocycles. The first-order chi connectivity index (χ1) is 13.6. The molecule has 0 saturated heterocycles. The maximum atomic E-state index is 11.8. The van der Waals surface area contributed by atoms with Gasteiger partial charge in [0.2, 0.25) is 6.79 Å². The highest BCUT2D eigenvalue weighted by Crippen LogP contribution is 2.32. The van der Waals surface area contributed by atoms with E-state index in [2.05, 4.69) is 20.5 Å². The highest BCUT2D eigenvalue weighted by molar-refractivity contribution is 5.94. The van der Waals surface area contributed by atoms with Gasteiger partial charge in [-0.3, -0.25) is 9.79 Å². The predicted molar refractivity (Wildman–Crippen MR) is 109 cm³/mol. The second kappa shape index (κ2) is 9.12. The molecule has 148 valence electrons. The van der Waals surface area contributed by atoms with Crippen molar-refractivity contribution in [3.63, 3.8) is 0 Å². The number of fused-ring (bicyclic) bond motifs is 1. The van der Waals surface area contributed by atoms with E-state index in [9.17, 15) is 4.79 Å². The van der Waals surface area contributed by atoms with Crippen LogP contribution in [0.15, 0.2) is 47.5 Å². The second-order valence-corrected chi connectivity index (χ2v) is 6.55. The minimum atomic E-state index is -0.0749. The molecule has 1 heterocycles. The summed E-state index contributed by atoms with van der Waals surface area (Å²) in [5.41, 5.74) is 2.89. The Morgan fingerprint density at radius 3 is 2.75 bits per heavy atom. The van der Waals surface area contributed by atoms with Crippen molar-refractivity contribution in [3.8, 4) is 11.5 Å². The molecule has 0 aliphatic carbocycles. The Kier molecular flexibility index (Phi) is 6.37. The molecule has 7 nitrogen and oxygen atoms in total. The lowest BCUT2D eigenvalue weighted by Gasteiger charge is -2.22. The Bertz CT molecular complexity index is 866. The lowest BCUT2D eigenvalue weighted by Crippen LogP contribution is -2.39. The molecule has 2 aromatic rings. The Morgan fingerprint density at radius 2 is 1.96 bits per heavy atom. The number of ether oxygens (including phenoxy) is 2. The Labute approximate surface area is 165 Å². The van der Waals surface area contributed by atoms with Gasteiger partial charge in [0, 0.05) is 39.8 Å². The SMILES string of the molecule is CN=C(NCCc1cccc(C(=O)NC)c1)N(C)Cc1ccc2c(c1)OCO2. The van der Waals surface area contributed by atoms with E-state index in [0.29, 0.717) is 12.1 Å². The largest absolute Gasteiger partial charge is 0.454 e. The van der Waals surface area contributed by atoms with Gasteiger partial charge in [-0.15, -0.1) is 0 Å². The lowest BCUT2D eigenvalue weighted by molar-refractivity contribution is 0.0963. The number of carbonyl (C=O) groups excluding carboxylic acids is 1. The molecule has 28 heavy (non-hydrogen) atoms. The number of benzene rings is 2. The summed E-state index contributed by atoms with van der Waals surface area (Å²) in [5, 5.41) is 6.02. The van der Waals surface area contributed by atoms with Crippen LogP contribution in [0.1, 0.15) is 21.5 Å². The van der Waals surface area contributed by atoms with Crippen molar-refractivity contribution in [2.24, 2.45) is 4.99 Å². The average molecular weight is 382 g/mol. The molecule has 1 aliphatic rings. The summed E-state index contributed by atoms with van der Waals surface area (Å²) in [6.45, 7) is 1.69. The number of rotatable bonds is 6. The number of aliphatic imine (C=N–C) groups is 1. The van der Waals surface area contributed by atoms with Crippen LogP contribution in [0.5, 0.6) is 11.5 Å². The minimum Gasteiger partial charge on any atom is -0.454 e. The van der Waals surface area contributed by atoms with Crippen LogP contribution >= 0.6 is 0 Å². The third-order valence-electron chi connectivity index (χ3n) is 4.54. The van der Waals surface area contributed by atoms with Crippen LogP contribution in [0.25, 0.3) is 0 Å². The molecule has 0 saturated carbocycles. The number of amides is 1. The van der Waals surface area contributed by atoms with Crippen LogP contribution in [-0.2, 0) is 13.0 Å². The summed E-state index contributed by atoms with van der Waals surface area (Å²) in [5.74, 6) is 2.30. The van der Waals surface area contributed by atoms with Gasteiger partial charge >= 0.3 is 0 Å². The summed E-state index contributed by atoms with van der Waals surface area (Å²) in [4.78, 5) is 18.2. The third kappa shape index (κ3) is 4.73. The smallest absolute Gasteiger partial charge is 0.251 e. The molecule has 2 aromatic carbocycles. The Balaban J connectivity index is 1.53. The molecular weight excluding hydrogens is 356 g/mol. The highest BCUT2D eigenvalue weighted by atomic mass is 16.7. The topological polar surface area (TPSA) is 75.2 Å². The summed E-state index contributed by atoms with van der Waals surface area (Å²) < 4.78 is 10.8. The fraction of sp³-hybridized carbons (Fsp3) is 0.333. The first-order valence-corrected chi connectivity index (χ1v) is 9.22. The van der Waals surface area contributed by atoms with Crippen LogP contribution in [0.3, 0.4) is 0 Å². The predicted octanol–water partition coefficient (Wildman–Crippen LogP) is 2.02. The van der Waals surface area contributed by atoms with E-state index in [-0.39, 0.29) is 12.7 Å². The molecule has 0 unspecified atom stereocenters. The molecule has 0 spiro atoms. The van der Waals surface area contributed by atoms with Gasteiger partial charge in [0.05, 0.1) is 0 Å². The molecule has 2 N–H and O–H groups in total. The van der Waals surface area contributed by atoms with Crippen molar-refractivity contribution in [1.29, 1.82) is 0 Å². The average Bonchev–Trinajstić information content (AvgIpc) is 3.18. The number of guanidine groups is 1. The van der Waals surface area contributed by atoms with E-state index in [1.54, 1.807) is 14.1 Å². The van der Waals surface area contributed by atoms with Crippen LogP contribution in [0.4, 0.5) is 0 Å². The summed E-state index contributed by atoms with van der Waals surface area (Å²) >= 11 is 0. The van der Waals surface area contributed by atoms with Crippen LogP contribution < -0.4 is 20.1 Å². The molecule has 7 heteroatoms. The lowest BCUT2D eigenvalue weighted by atomic mass is 10.1. The zero-order chi connectivity index (χ0) is 19.9. The van der Waals surface area contributed by atoms with Gasteiger partial charge in [-0.1, -0.05) is 18.2 Å². The normalized spacial score (nSPS) is 12.6. The summed E-state index contributed by atoms with van der Waals surface area (Å²) in [6.07, 6.45) is 0.793. The standard InChI is InChI=1S/C21H26N4O3/c1-22-20(26)17-6-4-5-15(11-17)9-10-24-21(23-2)25(3)13-16-7-8-18-19(12-16)28-14-27-18/h4-8,11-12H,9-10,13-14H2,1-3H3,(H,22,26)(H,23,24). The summed E-state index contributed by atoms with van der Waals surface area (Å²) in [6, 6.07) is 13.6. The number of carbonyl (C=O) groups is 1. The van der Waals surface area contributed by atoms with Crippen molar-refractivity contribution < 1.29 is 14.3 Å². The van der Waals surface area contributed by atoms with E-state index < -0.39 is 0 Å². The molecule has 0 bridgehead atoms. The quantitative estimate of drug-likeness (QED) is 0.591. The molecule has 0 fully saturated rings. The maximum Gasteiger partial charge on any atom is 0.251 e. The zero-order valence-electron chi connectivity index (χ0n) is 16.5. The zero-order valence-corrected chi connectivity index (χ0v) is 16.5. The van der Waals surface area contributed by atoms with Gasteiger partial charge in [-0.25, -0.2) is 0 Å². The van der Waals surface area contributed by atoms with Gasteiger partial charge in [0.25, 0.3) is 5.91 Å². The Morgan fingerprint density at radius 1 is 1.14 bits per heavy atom. The minimum absolute atomic E-state index is 0.0749. The number of hydrogen-bond donors (Lipinski definition) is 2. The highest BCUT2D eigenvalue weighted by Gasteiger charge is 2.14. The fourth-order valence-electron chi connectivity index (χ4n) is 3.10. The second-order valence-electron chi connectivity index (χ2n) is 6.55. The van der Waals surface area contributed by atoms with Crippen molar-refractivity contribution in [2.45, 2.75) is 13.0 Å². The molecule has 1 amide bonds. The van der Waals surface area contributed by atoms with Crippen LogP contribution in [0.2, 0.25) is 0 Å². The molecule has 0 atom stereocenters. The number of hydrogen-bond acceptors (Lipinski definition) is 4. The first-order valence-electron chi connectivity index (χ1n) is 9.22. The van der Waals surface area contributed by atoms with E-state index in [4.69, 9.17) is 9.47 Å². The molecular formula is C21H26N4O3. The maximum absolute atomic E-state index is 11.8. The first kappa shape index (κ1) is 19.5. The van der Waals surface area contributed by atoms with E-state index in [1.807, 2.05) is 49.5 Å². The van der Waals surface area contributed by atoms with Gasteiger partial charge in [-0.2, -0.15) is 0 Å². The third-order valence-corrected chi connectivity index (χ3v) is 4.54.